The lowest BCUT2D eigenvalue weighted by Crippen LogP contribution is -2.39. The zero-order valence-corrected chi connectivity index (χ0v) is 12.5. The van der Waals surface area contributed by atoms with Crippen molar-refractivity contribution in [2.45, 2.75) is 26.8 Å². The van der Waals surface area contributed by atoms with Gasteiger partial charge in [0.1, 0.15) is 0 Å². The molecule has 0 atom stereocenters. The molecule has 0 aromatic carbocycles. The highest BCUT2D eigenvalue weighted by molar-refractivity contribution is 5.79. The van der Waals surface area contributed by atoms with Crippen molar-refractivity contribution in [3.8, 4) is 0 Å². The second-order valence-electron chi connectivity index (χ2n) is 4.59. The molecule has 21 heavy (non-hydrogen) atoms. The minimum Gasteiger partial charge on any atom is -0.357 e. The molecule has 0 unspecified atom stereocenters. The summed E-state index contributed by atoms with van der Waals surface area (Å²) in [7, 11) is 0. The van der Waals surface area contributed by atoms with Gasteiger partial charge >= 0.3 is 0 Å². The van der Waals surface area contributed by atoms with Crippen molar-refractivity contribution in [2.24, 2.45) is 4.99 Å². The number of aliphatic imine (C=N–C) groups is 1. The molecule has 0 aliphatic rings. The van der Waals surface area contributed by atoms with Gasteiger partial charge in [-0.15, -0.1) is 0 Å². The predicted octanol–water partition coefficient (Wildman–Crippen LogP) is 0.977. The molecule has 0 fully saturated rings. The number of hydrogen-bond donors (Lipinski definition) is 2. The monoisotopic (exact) mass is 290 g/mol. The van der Waals surface area contributed by atoms with Gasteiger partial charge in [-0.25, -0.2) is 0 Å². The number of aryl methyl sites for hydroxylation is 1. The molecule has 2 aromatic heterocycles. The van der Waals surface area contributed by atoms with Crippen molar-refractivity contribution in [3.05, 3.63) is 36.2 Å². The first-order valence-corrected chi connectivity index (χ1v) is 7.20. The van der Waals surface area contributed by atoms with Gasteiger partial charge in [-0.05, 0) is 26.0 Å². The normalized spacial score (nSPS) is 11.6. The molecule has 0 bridgehead atoms. The summed E-state index contributed by atoms with van der Waals surface area (Å²) in [6.45, 7) is 7.02. The number of guanidine groups is 1. The van der Waals surface area contributed by atoms with Crippen LogP contribution in [0.2, 0.25) is 0 Å². The van der Waals surface area contributed by atoms with E-state index in [1.807, 2.05) is 38.4 Å². The summed E-state index contributed by atoms with van der Waals surface area (Å²) in [4.78, 5) is 8.65. The molecule has 0 saturated carbocycles. The van der Waals surface area contributed by atoms with Crippen LogP contribution >= 0.6 is 0 Å². The van der Waals surface area contributed by atoms with Crippen LogP contribution in [0.4, 0.5) is 0 Å². The maximum atomic E-state index is 5.06. The van der Waals surface area contributed by atoms with E-state index in [1.165, 1.54) is 0 Å². The molecule has 7 heteroatoms. The van der Waals surface area contributed by atoms with Gasteiger partial charge in [-0.1, -0.05) is 5.16 Å². The van der Waals surface area contributed by atoms with E-state index in [0.717, 1.165) is 25.6 Å². The SMILES string of the molecule is CCNC(=NCCc1nc(C)no1)NCCn1cccc1. The fraction of sp³-hybridized carbons (Fsp3) is 0.500. The van der Waals surface area contributed by atoms with Crippen LogP contribution in [0.25, 0.3) is 0 Å². The van der Waals surface area contributed by atoms with E-state index in [1.54, 1.807) is 0 Å². The lowest BCUT2D eigenvalue weighted by Gasteiger charge is -2.11. The summed E-state index contributed by atoms with van der Waals surface area (Å²) in [6.07, 6.45) is 4.74. The van der Waals surface area contributed by atoms with Crippen LogP contribution in [0.3, 0.4) is 0 Å². The van der Waals surface area contributed by atoms with Crippen LogP contribution in [0.15, 0.2) is 34.0 Å². The molecule has 0 aliphatic carbocycles. The summed E-state index contributed by atoms with van der Waals surface area (Å²) in [5, 5.41) is 10.3. The standard InChI is InChI=1S/C14H22N6O/c1-3-15-14(17-8-11-20-9-4-5-10-20)16-7-6-13-18-12(2)19-21-13/h4-5,9-10H,3,6-8,11H2,1-2H3,(H2,15,16,17). The van der Waals surface area contributed by atoms with E-state index < -0.39 is 0 Å². The highest BCUT2D eigenvalue weighted by Gasteiger charge is 2.02. The Hall–Kier alpha value is -2.31. The molecule has 2 N–H and O–H groups in total. The number of aromatic nitrogens is 3. The lowest BCUT2D eigenvalue weighted by molar-refractivity contribution is 0.376. The number of rotatable bonds is 7. The molecular formula is C14H22N6O. The van der Waals surface area contributed by atoms with Crippen LogP contribution in [0, 0.1) is 6.92 Å². The fourth-order valence-corrected chi connectivity index (χ4v) is 1.87. The summed E-state index contributed by atoms with van der Waals surface area (Å²) in [6, 6.07) is 4.04. The third kappa shape index (κ3) is 5.29. The third-order valence-corrected chi connectivity index (χ3v) is 2.84. The van der Waals surface area contributed by atoms with Gasteiger partial charge in [0, 0.05) is 38.4 Å². The van der Waals surface area contributed by atoms with Crippen molar-refractivity contribution in [1.29, 1.82) is 0 Å². The van der Waals surface area contributed by atoms with Gasteiger partial charge < -0.3 is 19.7 Å². The van der Waals surface area contributed by atoms with Crippen molar-refractivity contribution in [3.63, 3.8) is 0 Å². The maximum Gasteiger partial charge on any atom is 0.228 e. The minimum atomic E-state index is 0.612. The Morgan fingerprint density at radius 2 is 2.14 bits per heavy atom. The molecule has 114 valence electrons. The Kier molecular flexibility index (Phi) is 5.81. The van der Waals surface area contributed by atoms with Gasteiger partial charge in [-0.3, -0.25) is 4.99 Å². The predicted molar refractivity (Wildman–Crippen MR) is 81.2 cm³/mol. The Labute approximate surface area is 124 Å². The number of nitrogens with one attached hydrogen (secondary N) is 2. The Morgan fingerprint density at radius 1 is 1.33 bits per heavy atom. The Bertz CT molecular complexity index is 546. The van der Waals surface area contributed by atoms with Gasteiger partial charge in [0.25, 0.3) is 0 Å². The van der Waals surface area contributed by atoms with Gasteiger partial charge in [0.05, 0.1) is 6.54 Å². The number of nitrogens with zero attached hydrogens (tertiary/aromatic N) is 4. The first-order chi connectivity index (χ1) is 10.3. The molecule has 0 amide bonds. The summed E-state index contributed by atoms with van der Waals surface area (Å²) < 4.78 is 7.18. The van der Waals surface area contributed by atoms with E-state index in [4.69, 9.17) is 4.52 Å². The minimum absolute atomic E-state index is 0.612. The van der Waals surface area contributed by atoms with Crippen LogP contribution < -0.4 is 10.6 Å². The summed E-state index contributed by atoms with van der Waals surface area (Å²) in [5.41, 5.74) is 0. The van der Waals surface area contributed by atoms with Gasteiger partial charge in [0.2, 0.25) is 5.89 Å². The quantitative estimate of drug-likeness (QED) is 0.587. The molecule has 2 rings (SSSR count). The Balaban J connectivity index is 1.75. The first-order valence-electron chi connectivity index (χ1n) is 7.20. The van der Waals surface area contributed by atoms with Crippen molar-refractivity contribution in [1.82, 2.24) is 25.3 Å². The van der Waals surface area contributed by atoms with Crippen molar-refractivity contribution < 1.29 is 4.52 Å². The van der Waals surface area contributed by atoms with Crippen molar-refractivity contribution in [2.75, 3.05) is 19.6 Å². The van der Waals surface area contributed by atoms with Crippen molar-refractivity contribution >= 4 is 5.96 Å². The maximum absolute atomic E-state index is 5.06. The average molecular weight is 290 g/mol. The van der Waals surface area contributed by atoms with Gasteiger partial charge in [-0.2, -0.15) is 4.98 Å². The molecule has 2 heterocycles. The largest absolute Gasteiger partial charge is 0.357 e. The van der Waals surface area contributed by atoms with Crippen LogP contribution in [-0.2, 0) is 13.0 Å². The topological polar surface area (TPSA) is 80.3 Å². The van der Waals surface area contributed by atoms with E-state index >= 15 is 0 Å². The molecule has 0 radical (unpaired) electrons. The van der Waals surface area contributed by atoms with Gasteiger partial charge in [0.15, 0.2) is 11.8 Å². The Morgan fingerprint density at radius 3 is 2.81 bits per heavy atom. The zero-order valence-electron chi connectivity index (χ0n) is 12.5. The van der Waals surface area contributed by atoms with E-state index in [9.17, 15) is 0 Å². The highest BCUT2D eigenvalue weighted by atomic mass is 16.5. The molecule has 0 saturated heterocycles. The average Bonchev–Trinajstić information content (AvgIpc) is 3.11. The molecule has 7 nitrogen and oxygen atoms in total. The first kappa shape index (κ1) is 15.1. The zero-order chi connectivity index (χ0) is 14.9. The van der Waals surface area contributed by atoms with E-state index in [-0.39, 0.29) is 0 Å². The lowest BCUT2D eigenvalue weighted by atomic mass is 10.4. The molecule has 2 aromatic rings. The highest BCUT2D eigenvalue weighted by Crippen LogP contribution is 1.96. The summed E-state index contributed by atoms with van der Waals surface area (Å²) in [5.74, 6) is 2.09. The van der Waals surface area contributed by atoms with E-state index in [2.05, 4.69) is 30.3 Å². The molecule has 0 spiro atoms. The molecular weight excluding hydrogens is 268 g/mol. The van der Waals surface area contributed by atoms with E-state index in [0.29, 0.717) is 24.7 Å². The van der Waals surface area contributed by atoms with Crippen LogP contribution in [-0.4, -0.2) is 40.3 Å². The second-order valence-corrected chi connectivity index (χ2v) is 4.59. The van der Waals surface area contributed by atoms with Crippen LogP contribution in [0.1, 0.15) is 18.6 Å². The van der Waals surface area contributed by atoms with Crippen LogP contribution in [0.5, 0.6) is 0 Å². The smallest absolute Gasteiger partial charge is 0.228 e. The molecule has 0 aliphatic heterocycles. The third-order valence-electron chi connectivity index (χ3n) is 2.84. The summed E-state index contributed by atoms with van der Waals surface area (Å²) >= 11 is 0. The second kappa shape index (κ2) is 8.08. The number of hydrogen-bond acceptors (Lipinski definition) is 4. The fourth-order valence-electron chi connectivity index (χ4n) is 1.87.